The van der Waals surface area contributed by atoms with Crippen molar-refractivity contribution in [2.45, 2.75) is 39.0 Å². The van der Waals surface area contributed by atoms with Crippen LogP contribution in [-0.4, -0.2) is 23.2 Å². The van der Waals surface area contributed by atoms with E-state index in [-0.39, 0.29) is 12.2 Å². The van der Waals surface area contributed by atoms with E-state index < -0.39 is 23.4 Å². The van der Waals surface area contributed by atoms with Crippen LogP contribution in [0.4, 0.5) is 18.0 Å². The van der Waals surface area contributed by atoms with Gasteiger partial charge < -0.3 is 10.1 Å². The summed E-state index contributed by atoms with van der Waals surface area (Å²) < 4.78 is 43.3. The first-order valence-electron chi connectivity index (χ1n) is 6.75. The van der Waals surface area contributed by atoms with Crippen LogP contribution in [0.2, 0.25) is 0 Å². The van der Waals surface area contributed by atoms with Gasteiger partial charge in [-0.3, -0.25) is 4.98 Å². The topological polar surface area (TPSA) is 51.2 Å². The number of ether oxygens (including phenoxy) is 1. The Morgan fingerprint density at radius 2 is 2.05 bits per heavy atom. The molecule has 0 saturated carbocycles. The lowest BCUT2D eigenvalue weighted by Gasteiger charge is -2.19. The molecule has 4 nitrogen and oxygen atoms in total. The Morgan fingerprint density at radius 1 is 1.36 bits per heavy atom. The number of nitrogens with zero attached hydrogens (tertiary/aromatic N) is 1. The molecular formula is C15H19F3N2O2. The third-order valence-electron chi connectivity index (χ3n) is 2.40. The van der Waals surface area contributed by atoms with Gasteiger partial charge >= 0.3 is 12.3 Å². The summed E-state index contributed by atoms with van der Waals surface area (Å²) in [5.74, 6) is 0. The largest absolute Gasteiger partial charge is 0.444 e. The molecule has 0 spiro atoms. The third kappa shape index (κ3) is 6.60. The number of alkyl halides is 3. The summed E-state index contributed by atoms with van der Waals surface area (Å²) in [5.41, 5.74) is -1.52. The Labute approximate surface area is 127 Å². The Bertz CT molecular complexity index is 534. The number of carbonyl (C=O) groups is 1. The van der Waals surface area contributed by atoms with Crippen LogP contribution in [0.5, 0.6) is 0 Å². The van der Waals surface area contributed by atoms with E-state index in [0.29, 0.717) is 6.42 Å². The van der Waals surface area contributed by atoms with Gasteiger partial charge in [-0.2, -0.15) is 13.2 Å². The number of pyridine rings is 1. The number of hydrogen-bond acceptors (Lipinski definition) is 3. The first kappa shape index (κ1) is 18.0. The van der Waals surface area contributed by atoms with Crippen molar-refractivity contribution in [1.82, 2.24) is 10.3 Å². The zero-order valence-corrected chi connectivity index (χ0v) is 12.7. The van der Waals surface area contributed by atoms with Crippen LogP contribution in [0.1, 0.15) is 38.4 Å². The van der Waals surface area contributed by atoms with Crippen molar-refractivity contribution < 1.29 is 22.7 Å². The number of hydrogen-bond donors (Lipinski definition) is 1. The van der Waals surface area contributed by atoms with E-state index >= 15 is 0 Å². The van der Waals surface area contributed by atoms with Crippen LogP contribution in [0.25, 0.3) is 6.08 Å². The summed E-state index contributed by atoms with van der Waals surface area (Å²) in [4.78, 5) is 15.1. The minimum absolute atomic E-state index is 0.146. The van der Waals surface area contributed by atoms with Gasteiger partial charge in [0.25, 0.3) is 0 Å². The highest BCUT2D eigenvalue weighted by molar-refractivity contribution is 5.67. The smallest absolute Gasteiger partial charge is 0.418 e. The highest BCUT2D eigenvalue weighted by atomic mass is 19.4. The number of aromatic nitrogens is 1. The van der Waals surface area contributed by atoms with Gasteiger partial charge in [-0.1, -0.05) is 6.08 Å². The molecule has 1 aromatic heterocycles. The molecule has 0 fully saturated rings. The van der Waals surface area contributed by atoms with E-state index in [4.69, 9.17) is 4.74 Å². The fraction of sp³-hybridized carbons (Fsp3) is 0.467. The molecule has 0 aromatic carbocycles. The predicted octanol–water partition coefficient (Wildman–Crippen LogP) is 4.03. The van der Waals surface area contributed by atoms with Gasteiger partial charge in [-0.05, 0) is 45.4 Å². The van der Waals surface area contributed by atoms with Gasteiger partial charge in [-0.15, -0.1) is 0 Å². The van der Waals surface area contributed by atoms with E-state index in [1.807, 2.05) is 0 Å². The average Bonchev–Trinajstić information content (AvgIpc) is 2.35. The fourth-order valence-corrected chi connectivity index (χ4v) is 1.56. The second kappa shape index (κ2) is 7.29. The van der Waals surface area contributed by atoms with Crippen molar-refractivity contribution in [1.29, 1.82) is 0 Å². The summed E-state index contributed by atoms with van der Waals surface area (Å²) in [6.45, 7) is 5.49. The van der Waals surface area contributed by atoms with Gasteiger partial charge in [0.1, 0.15) is 5.60 Å². The first-order chi connectivity index (χ1) is 10.1. The fourth-order valence-electron chi connectivity index (χ4n) is 1.56. The molecule has 1 amide bonds. The molecule has 0 aliphatic heterocycles. The van der Waals surface area contributed by atoms with Crippen LogP contribution in [0.15, 0.2) is 24.4 Å². The van der Waals surface area contributed by atoms with Crippen molar-refractivity contribution in [2.24, 2.45) is 0 Å². The molecule has 0 aliphatic rings. The number of alkyl carbamates (subject to hydrolysis) is 1. The molecule has 122 valence electrons. The molecule has 0 saturated heterocycles. The highest BCUT2D eigenvalue weighted by Crippen LogP contribution is 2.31. The Hall–Kier alpha value is -2.05. The van der Waals surface area contributed by atoms with Gasteiger partial charge in [0.2, 0.25) is 0 Å². The van der Waals surface area contributed by atoms with Crippen LogP contribution in [-0.2, 0) is 10.9 Å². The molecule has 22 heavy (non-hydrogen) atoms. The Morgan fingerprint density at radius 3 is 2.64 bits per heavy atom. The molecular weight excluding hydrogens is 297 g/mol. The molecule has 0 aliphatic carbocycles. The summed E-state index contributed by atoms with van der Waals surface area (Å²) >= 11 is 0. The molecule has 0 bridgehead atoms. The summed E-state index contributed by atoms with van der Waals surface area (Å²) in [6.07, 6.45) is -0.521. The number of carbonyl (C=O) groups excluding carboxylic acids is 1. The normalized spacial score (nSPS) is 12.5. The zero-order chi connectivity index (χ0) is 16.8. The van der Waals surface area contributed by atoms with Crippen LogP contribution < -0.4 is 5.32 Å². The van der Waals surface area contributed by atoms with Crippen molar-refractivity contribution in [3.05, 3.63) is 35.7 Å². The molecule has 1 N–H and O–H groups in total. The van der Waals surface area contributed by atoms with E-state index in [2.05, 4.69) is 10.3 Å². The Balaban J connectivity index is 2.50. The van der Waals surface area contributed by atoms with Gasteiger partial charge in [0.15, 0.2) is 0 Å². The third-order valence-corrected chi connectivity index (χ3v) is 2.40. The van der Waals surface area contributed by atoms with E-state index in [0.717, 1.165) is 6.07 Å². The van der Waals surface area contributed by atoms with Crippen molar-refractivity contribution >= 4 is 12.2 Å². The minimum atomic E-state index is -4.44. The lowest BCUT2D eigenvalue weighted by molar-refractivity contribution is -0.138. The lowest BCUT2D eigenvalue weighted by Crippen LogP contribution is -2.32. The van der Waals surface area contributed by atoms with Crippen LogP contribution in [0, 0.1) is 0 Å². The molecule has 0 radical (unpaired) electrons. The number of rotatable bonds is 4. The maximum Gasteiger partial charge on any atom is 0.418 e. The monoisotopic (exact) mass is 316 g/mol. The standard InChI is InChI=1S/C15H19F3N2O2/c1-14(2,3)22-13(21)20-9-5-4-8-12-11(15(16,17)18)7-6-10-19-12/h4,6-8,10H,5,9H2,1-3H3,(H,20,21). The second-order valence-electron chi connectivity index (χ2n) is 5.55. The van der Waals surface area contributed by atoms with Crippen LogP contribution >= 0.6 is 0 Å². The zero-order valence-electron chi connectivity index (χ0n) is 12.7. The van der Waals surface area contributed by atoms with E-state index in [1.165, 1.54) is 24.4 Å². The van der Waals surface area contributed by atoms with E-state index in [1.54, 1.807) is 20.8 Å². The van der Waals surface area contributed by atoms with Crippen molar-refractivity contribution in [2.75, 3.05) is 6.54 Å². The molecule has 1 rings (SSSR count). The van der Waals surface area contributed by atoms with Gasteiger partial charge in [-0.25, -0.2) is 4.79 Å². The lowest BCUT2D eigenvalue weighted by atomic mass is 10.1. The SMILES string of the molecule is CC(C)(C)OC(=O)NCCC=Cc1ncccc1C(F)(F)F. The quantitative estimate of drug-likeness (QED) is 0.853. The highest BCUT2D eigenvalue weighted by Gasteiger charge is 2.33. The maximum atomic E-state index is 12.7. The number of halogens is 3. The number of nitrogens with one attached hydrogen (secondary N) is 1. The van der Waals surface area contributed by atoms with Gasteiger partial charge in [0, 0.05) is 12.7 Å². The Kier molecular flexibility index (Phi) is 5.96. The van der Waals surface area contributed by atoms with Crippen LogP contribution in [0.3, 0.4) is 0 Å². The molecule has 1 aromatic rings. The van der Waals surface area contributed by atoms with Gasteiger partial charge in [0.05, 0.1) is 11.3 Å². The van der Waals surface area contributed by atoms with Crippen molar-refractivity contribution in [3.63, 3.8) is 0 Å². The summed E-state index contributed by atoms with van der Waals surface area (Å²) in [5, 5.41) is 2.52. The minimum Gasteiger partial charge on any atom is -0.444 e. The number of amides is 1. The molecule has 0 atom stereocenters. The van der Waals surface area contributed by atoms with E-state index in [9.17, 15) is 18.0 Å². The molecule has 1 heterocycles. The second-order valence-corrected chi connectivity index (χ2v) is 5.55. The summed E-state index contributed by atoms with van der Waals surface area (Å²) in [6, 6.07) is 2.22. The molecule has 7 heteroatoms. The molecule has 0 unspecified atom stereocenters. The first-order valence-corrected chi connectivity index (χ1v) is 6.75. The summed E-state index contributed by atoms with van der Waals surface area (Å²) in [7, 11) is 0. The average molecular weight is 316 g/mol. The predicted molar refractivity (Wildman–Crippen MR) is 77.1 cm³/mol. The van der Waals surface area contributed by atoms with Crippen molar-refractivity contribution in [3.8, 4) is 0 Å². The maximum absolute atomic E-state index is 12.7.